The molecule has 8 nitrogen and oxygen atoms in total. The van der Waals surface area contributed by atoms with Crippen molar-refractivity contribution in [1.29, 1.82) is 0 Å². The van der Waals surface area contributed by atoms with E-state index >= 15 is 0 Å². The number of sulfonamides is 1. The molecule has 0 heterocycles. The number of benzene rings is 4. The molecule has 0 atom stereocenters. The molecule has 0 aromatic heterocycles. The van der Waals surface area contributed by atoms with Gasteiger partial charge < -0.3 is 10.6 Å². The molecule has 40 heavy (non-hydrogen) atoms. The van der Waals surface area contributed by atoms with Gasteiger partial charge in [-0.1, -0.05) is 34.1 Å². The van der Waals surface area contributed by atoms with Crippen molar-refractivity contribution in [3.8, 4) is 0 Å². The Morgan fingerprint density at radius 1 is 0.775 bits per heavy atom. The fourth-order valence-electron chi connectivity index (χ4n) is 4.03. The zero-order valence-electron chi connectivity index (χ0n) is 22.0. The van der Waals surface area contributed by atoms with E-state index in [9.17, 15) is 21.6 Å². The molecule has 0 aliphatic rings. The highest BCUT2D eigenvalue weighted by molar-refractivity contribution is 9.10. The van der Waals surface area contributed by atoms with Crippen molar-refractivity contribution >= 4 is 58.8 Å². The Balaban J connectivity index is 1.38. The number of anilines is 3. The van der Waals surface area contributed by atoms with Gasteiger partial charge in [-0.15, -0.1) is 0 Å². The molecule has 11 heteroatoms. The van der Waals surface area contributed by atoms with Crippen molar-refractivity contribution in [1.82, 2.24) is 0 Å². The Hall–Kier alpha value is -3.67. The number of rotatable bonds is 9. The van der Waals surface area contributed by atoms with Crippen LogP contribution in [0.4, 0.5) is 17.1 Å². The Bertz CT molecular complexity index is 1750. The Morgan fingerprint density at radius 3 is 1.98 bits per heavy atom. The maximum absolute atomic E-state index is 12.8. The largest absolute Gasteiger partial charge is 0.380 e. The zero-order chi connectivity index (χ0) is 29.1. The van der Waals surface area contributed by atoms with Crippen LogP contribution < -0.4 is 15.4 Å². The van der Waals surface area contributed by atoms with Crippen LogP contribution in [0.15, 0.2) is 99.2 Å². The van der Waals surface area contributed by atoms with Crippen LogP contribution in [0.25, 0.3) is 0 Å². The summed E-state index contributed by atoms with van der Waals surface area (Å²) in [5.74, 6) is -0.350. The van der Waals surface area contributed by atoms with Gasteiger partial charge in [-0.05, 0) is 97.3 Å². The highest BCUT2D eigenvalue weighted by Gasteiger charge is 2.18. The van der Waals surface area contributed by atoms with Crippen molar-refractivity contribution in [2.75, 3.05) is 21.6 Å². The maximum Gasteiger partial charge on any atom is 0.261 e. The molecule has 4 rings (SSSR count). The molecule has 0 spiro atoms. The molecular weight excluding hydrogens is 614 g/mol. The number of sulfone groups is 1. The van der Waals surface area contributed by atoms with E-state index in [1.165, 1.54) is 30.5 Å². The summed E-state index contributed by atoms with van der Waals surface area (Å²) in [6.07, 6.45) is 1.20. The van der Waals surface area contributed by atoms with Crippen LogP contribution >= 0.6 is 15.9 Å². The molecule has 0 saturated carbocycles. The van der Waals surface area contributed by atoms with Crippen LogP contribution in [0.5, 0.6) is 0 Å². The summed E-state index contributed by atoms with van der Waals surface area (Å²) in [6, 6.07) is 23.2. The summed E-state index contributed by atoms with van der Waals surface area (Å²) >= 11 is 3.31. The van der Waals surface area contributed by atoms with Gasteiger partial charge in [0.1, 0.15) is 0 Å². The summed E-state index contributed by atoms with van der Waals surface area (Å²) in [6.45, 7) is 4.03. The predicted molar refractivity (Wildman–Crippen MR) is 162 cm³/mol. The summed E-state index contributed by atoms with van der Waals surface area (Å²) in [5.41, 5.74) is 4.30. The smallest absolute Gasteiger partial charge is 0.261 e. The third-order valence-corrected chi connectivity index (χ3v) is 9.46. The van der Waals surface area contributed by atoms with Crippen LogP contribution in [0.3, 0.4) is 0 Å². The van der Waals surface area contributed by atoms with Gasteiger partial charge in [0, 0.05) is 34.2 Å². The van der Waals surface area contributed by atoms with Crippen LogP contribution in [0, 0.1) is 13.8 Å². The molecule has 0 bridgehead atoms. The summed E-state index contributed by atoms with van der Waals surface area (Å²) in [5, 5.41) is 5.96. The van der Waals surface area contributed by atoms with Crippen LogP contribution in [-0.2, 0) is 26.4 Å². The van der Waals surface area contributed by atoms with E-state index in [1.54, 1.807) is 61.5 Å². The van der Waals surface area contributed by atoms with Gasteiger partial charge in [0.15, 0.2) is 9.84 Å². The lowest BCUT2D eigenvalue weighted by Gasteiger charge is -2.15. The average Bonchev–Trinajstić information content (AvgIpc) is 2.90. The van der Waals surface area contributed by atoms with Gasteiger partial charge in [0.25, 0.3) is 15.9 Å². The third kappa shape index (κ3) is 7.09. The van der Waals surface area contributed by atoms with E-state index in [4.69, 9.17) is 0 Å². The van der Waals surface area contributed by atoms with E-state index in [0.29, 0.717) is 34.7 Å². The average molecular weight is 643 g/mol. The van der Waals surface area contributed by atoms with Gasteiger partial charge in [-0.3, -0.25) is 9.52 Å². The fourth-order valence-corrected chi connectivity index (χ4v) is 6.61. The topological polar surface area (TPSA) is 121 Å². The van der Waals surface area contributed by atoms with Gasteiger partial charge in [0.2, 0.25) is 0 Å². The van der Waals surface area contributed by atoms with Crippen molar-refractivity contribution in [2.45, 2.75) is 30.2 Å². The van der Waals surface area contributed by atoms with Gasteiger partial charge in [-0.25, -0.2) is 16.8 Å². The highest BCUT2D eigenvalue weighted by atomic mass is 79.9. The quantitative estimate of drug-likeness (QED) is 0.202. The normalized spacial score (nSPS) is 11.6. The number of carbonyl (C=O) groups is 1. The molecule has 1 amide bonds. The molecule has 0 unspecified atom stereocenters. The minimum Gasteiger partial charge on any atom is -0.380 e. The minimum atomic E-state index is -3.79. The number of halogens is 1. The lowest BCUT2D eigenvalue weighted by Crippen LogP contribution is -2.14. The van der Waals surface area contributed by atoms with Crippen LogP contribution in [-0.4, -0.2) is 29.0 Å². The highest BCUT2D eigenvalue weighted by Crippen LogP contribution is 2.28. The monoisotopic (exact) mass is 641 g/mol. The van der Waals surface area contributed by atoms with Crippen LogP contribution in [0.2, 0.25) is 0 Å². The van der Waals surface area contributed by atoms with E-state index in [0.717, 1.165) is 15.6 Å². The first-order valence-corrected chi connectivity index (χ1v) is 16.3. The van der Waals surface area contributed by atoms with Gasteiger partial charge in [0.05, 0.1) is 15.5 Å². The minimum absolute atomic E-state index is 0.0630. The van der Waals surface area contributed by atoms with E-state index < -0.39 is 19.9 Å². The second-order valence-electron chi connectivity index (χ2n) is 9.30. The lowest BCUT2D eigenvalue weighted by molar-refractivity contribution is 0.102. The third-order valence-electron chi connectivity index (χ3n) is 6.27. The number of nitrogens with one attached hydrogen (secondary N) is 3. The van der Waals surface area contributed by atoms with Crippen LogP contribution in [0.1, 0.15) is 27.0 Å². The molecule has 208 valence electrons. The molecule has 0 aliphatic heterocycles. The summed E-state index contributed by atoms with van der Waals surface area (Å²) < 4.78 is 53.4. The van der Waals surface area contributed by atoms with E-state index in [1.807, 2.05) is 13.0 Å². The Morgan fingerprint density at radius 2 is 1.38 bits per heavy atom. The fraction of sp³-hybridized carbons (Fsp3) is 0.138. The summed E-state index contributed by atoms with van der Waals surface area (Å²) in [7, 11) is -7.21. The SMILES string of the molecule is Cc1ccc(NCc2ccc(C(=O)Nc3ccc(S(=O)(=O)Nc4ccc(Br)cc4)cc3)cc2)c(S(C)(=O)=O)c1C. The zero-order valence-corrected chi connectivity index (χ0v) is 25.2. The number of aryl methyl sites for hydroxylation is 1. The first-order chi connectivity index (χ1) is 18.8. The second-order valence-corrected chi connectivity index (χ2v) is 13.8. The molecule has 3 N–H and O–H groups in total. The van der Waals surface area contributed by atoms with Gasteiger partial charge in [-0.2, -0.15) is 0 Å². The predicted octanol–water partition coefficient (Wildman–Crippen LogP) is 6.13. The molecule has 0 saturated heterocycles. The van der Waals surface area contributed by atoms with Crippen molar-refractivity contribution in [2.24, 2.45) is 0 Å². The van der Waals surface area contributed by atoms with Gasteiger partial charge >= 0.3 is 0 Å². The molecule has 0 aliphatic carbocycles. The van der Waals surface area contributed by atoms with E-state index in [2.05, 4.69) is 31.3 Å². The number of hydrogen-bond donors (Lipinski definition) is 3. The Labute approximate surface area is 242 Å². The number of carbonyl (C=O) groups excluding carboxylic acids is 1. The van der Waals surface area contributed by atoms with Crippen molar-refractivity contribution < 1.29 is 21.6 Å². The molecular formula is C29H28BrN3O5S2. The lowest BCUT2D eigenvalue weighted by atomic mass is 10.1. The van der Waals surface area contributed by atoms with Crippen molar-refractivity contribution in [3.63, 3.8) is 0 Å². The molecule has 0 fully saturated rings. The molecule has 0 radical (unpaired) electrons. The first-order valence-electron chi connectivity index (χ1n) is 12.2. The standard InChI is InChI=1S/C29H28BrN3O5S2/c1-19-4-17-27(28(20(19)2)39(3,35)36)31-18-21-5-7-22(8-6-21)29(34)32-24-13-15-26(16-14-24)40(37,38)33-25-11-9-23(30)10-12-25/h4-17,31,33H,18H2,1-3H3,(H,32,34). The number of amides is 1. The summed E-state index contributed by atoms with van der Waals surface area (Å²) in [4.78, 5) is 13.1. The maximum atomic E-state index is 12.8. The second kappa shape index (κ2) is 11.8. The van der Waals surface area contributed by atoms with E-state index in [-0.39, 0.29) is 15.7 Å². The first kappa shape index (κ1) is 29.3. The molecule has 4 aromatic rings. The Kier molecular flexibility index (Phi) is 8.67. The number of hydrogen-bond acceptors (Lipinski definition) is 6. The van der Waals surface area contributed by atoms with Crippen molar-refractivity contribution in [3.05, 3.63) is 112 Å². The molecule has 4 aromatic carbocycles.